The first-order chi connectivity index (χ1) is 11.0. The predicted molar refractivity (Wildman–Crippen MR) is 88.7 cm³/mol. The average Bonchev–Trinajstić information content (AvgIpc) is 2.57. The monoisotopic (exact) mass is 319 g/mol. The summed E-state index contributed by atoms with van der Waals surface area (Å²) in [6, 6.07) is 3.50. The van der Waals surface area contributed by atoms with Crippen molar-refractivity contribution in [3.05, 3.63) is 23.9 Å². The molecule has 0 atom stereocenters. The minimum atomic E-state index is -1.13. The van der Waals surface area contributed by atoms with Gasteiger partial charge in [-0.25, -0.2) is 9.78 Å². The van der Waals surface area contributed by atoms with Crippen LogP contribution in [0.4, 0.5) is 5.82 Å². The summed E-state index contributed by atoms with van der Waals surface area (Å²) in [7, 11) is 0. The van der Waals surface area contributed by atoms with E-state index in [1.807, 2.05) is 13.8 Å². The highest BCUT2D eigenvalue weighted by Crippen LogP contribution is 2.29. The number of nitrogens with one attached hydrogen (secondary N) is 1. The minimum Gasteiger partial charge on any atom is -0.480 e. The Kier molecular flexibility index (Phi) is 5.58. The number of hydrogen-bond acceptors (Lipinski definition) is 4. The molecule has 126 valence electrons. The number of carbonyl (C=O) groups is 2. The number of nitrogens with zero attached hydrogens (tertiary/aromatic N) is 2. The molecule has 0 saturated heterocycles. The number of carboxylic acid groups (broad SMARTS) is 1. The normalized spacial score (nSPS) is 16.6. The first-order valence-corrected chi connectivity index (χ1v) is 8.29. The lowest BCUT2D eigenvalue weighted by Gasteiger charge is -2.34. The number of rotatable bonds is 6. The van der Waals surface area contributed by atoms with Crippen LogP contribution in [0.5, 0.6) is 0 Å². The summed E-state index contributed by atoms with van der Waals surface area (Å²) in [4.78, 5) is 30.4. The topological polar surface area (TPSA) is 82.5 Å². The van der Waals surface area contributed by atoms with Gasteiger partial charge in [-0.05, 0) is 38.8 Å². The molecule has 1 aromatic rings. The minimum absolute atomic E-state index is 0.368. The third kappa shape index (κ3) is 3.81. The lowest BCUT2D eigenvalue weighted by atomic mass is 9.81. The van der Waals surface area contributed by atoms with Gasteiger partial charge in [0.05, 0.1) is 5.56 Å². The van der Waals surface area contributed by atoms with Gasteiger partial charge in [-0.1, -0.05) is 19.3 Å². The SMILES string of the molecule is CCN(CC)c1ccc(C(=O)NC2(C(=O)O)CCCCC2)cn1. The molecule has 0 bridgehead atoms. The second kappa shape index (κ2) is 7.44. The van der Waals surface area contributed by atoms with Crippen LogP contribution in [0.1, 0.15) is 56.3 Å². The van der Waals surface area contributed by atoms with E-state index in [0.29, 0.717) is 18.4 Å². The summed E-state index contributed by atoms with van der Waals surface area (Å²) in [5.74, 6) is -0.497. The summed E-state index contributed by atoms with van der Waals surface area (Å²) in [6.45, 7) is 5.78. The van der Waals surface area contributed by atoms with Crippen molar-refractivity contribution in [3.63, 3.8) is 0 Å². The van der Waals surface area contributed by atoms with E-state index >= 15 is 0 Å². The highest BCUT2D eigenvalue weighted by atomic mass is 16.4. The largest absolute Gasteiger partial charge is 0.480 e. The van der Waals surface area contributed by atoms with Crippen molar-refractivity contribution >= 4 is 17.7 Å². The molecule has 1 aromatic heterocycles. The zero-order valence-corrected chi connectivity index (χ0v) is 13.8. The quantitative estimate of drug-likeness (QED) is 0.841. The van der Waals surface area contributed by atoms with Gasteiger partial charge in [0.15, 0.2) is 0 Å². The van der Waals surface area contributed by atoms with Gasteiger partial charge in [0, 0.05) is 19.3 Å². The fraction of sp³-hybridized carbons (Fsp3) is 0.588. The lowest BCUT2D eigenvalue weighted by Crippen LogP contribution is -2.55. The number of carboxylic acids is 1. The summed E-state index contributed by atoms with van der Waals surface area (Å²) in [5.41, 5.74) is -0.737. The molecular formula is C17H25N3O3. The van der Waals surface area contributed by atoms with Gasteiger partial charge < -0.3 is 15.3 Å². The summed E-state index contributed by atoms with van der Waals surface area (Å²) < 4.78 is 0. The number of hydrogen-bond donors (Lipinski definition) is 2. The maximum absolute atomic E-state index is 12.4. The number of carbonyl (C=O) groups excluding carboxylic acids is 1. The van der Waals surface area contributed by atoms with Crippen LogP contribution in [-0.2, 0) is 4.79 Å². The van der Waals surface area contributed by atoms with E-state index in [4.69, 9.17) is 0 Å². The third-order valence-electron chi connectivity index (χ3n) is 4.57. The van der Waals surface area contributed by atoms with Gasteiger partial charge >= 0.3 is 5.97 Å². The third-order valence-corrected chi connectivity index (χ3v) is 4.57. The van der Waals surface area contributed by atoms with Crippen molar-refractivity contribution in [1.82, 2.24) is 10.3 Å². The maximum atomic E-state index is 12.4. The van der Waals surface area contributed by atoms with E-state index in [1.54, 1.807) is 12.1 Å². The molecule has 1 heterocycles. The Balaban J connectivity index is 2.12. The van der Waals surface area contributed by atoms with E-state index in [2.05, 4.69) is 15.2 Å². The van der Waals surface area contributed by atoms with E-state index in [1.165, 1.54) is 6.20 Å². The molecule has 1 amide bonds. The van der Waals surface area contributed by atoms with Crippen LogP contribution in [0.2, 0.25) is 0 Å². The molecule has 0 aliphatic heterocycles. The molecule has 1 aliphatic rings. The molecule has 1 saturated carbocycles. The van der Waals surface area contributed by atoms with Crippen LogP contribution >= 0.6 is 0 Å². The first kappa shape index (κ1) is 17.2. The van der Waals surface area contributed by atoms with Crippen molar-refractivity contribution < 1.29 is 14.7 Å². The summed E-state index contributed by atoms with van der Waals surface area (Å²) >= 11 is 0. The average molecular weight is 319 g/mol. The van der Waals surface area contributed by atoms with Crippen molar-refractivity contribution in [2.24, 2.45) is 0 Å². The predicted octanol–water partition coefficient (Wildman–Crippen LogP) is 2.45. The Bertz CT molecular complexity index is 547. The van der Waals surface area contributed by atoms with Gasteiger partial charge in [0.1, 0.15) is 11.4 Å². The van der Waals surface area contributed by atoms with E-state index < -0.39 is 11.5 Å². The molecule has 6 heteroatoms. The molecule has 1 aliphatic carbocycles. The molecule has 0 radical (unpaired) electrons. The van der Waals surface area contributed by atoms with Gasteiger partial charge in [0.2, 0.25) is 0 Å². The number of aliphatic carboxylic acids is 1. The standard InChI is InChI=1S/C17H25N3O3/c1-3-20(4-2)14-9-8-13(12-18-14)15(21)19-17(16(22)23)10-6-5-7-11-17/h8-9,12H,3-7,10-11H2,1-2H3,(H,19,21)(H,22,23). The number of pyridine rings is 1. The van der Waals surface area contributed by atoms with Crippen LogP contribution in [0.25, 0.3) is 0 Å². The number of aromatic nitrogens is 1. The Labute approximate surface area is 136 Å². The smallest absolute Gasteiger partial charge is 0.329 e. The van der Waals surface area contributed by atoms with Crippen LogP contribution < -0.4 is 10.2 Å². The molecular weight excluding hydrogens is 294 g/mol. The Morgan fingerprint density at radius 2 is 1.87 bits per heavy atom. The van der Waals surface area contributed by atoms with Crippen molar-refractivity contribution in [2.45, 2.75) is 51.5 Å². The Morgan fingerprint density at radius 1 is 1.22 bits per heavy atom. The Morgan fingerprint density at radius 3 is 2.35 bits per heavy atom. The summed E-state index contributed by atoms with van der Waals surface area (Å²) in [6.07, 6.45) is 5.15. The number of anilines is 1. The molecule has 2 N–H and O–H groups in total. The zero-order chi connectivity index (χ0) is 16.9. The molecule has 6 nitrogen and oxygen atoms in total. The second-order valence-corrected chi connectivity index (χ2v) is 5.98. The molecule has 2 rings (SSSR count). The molecule has 23 heavy (non-hydrogen) atoms. The molecule has 0 aromatic carbocycles. The zero-order valence-electron chi connectivity index (χ0n) is 13.8. The number of amides is 1. The first-order valence-electron chi connectivity index (χ1n) is 8.29. The van der Waals surface area contributed by atoms with Crippen LogP contribution in [-0.4, -0.2) is 40.6 Å². The van der Waals surface area contributed by atoms with Gasteiger partial charge in [-0.15, -0.1) is 0 Å². The molecule has 0 unspecified atom stereocenters. The van der Waals surface area contributed by atoms with Crippen molar-refractivity contribution in [2.75, 3.05) is 18.0 Å². The van der Waals surface area contributed by atoms with Crippen molar-refractivity contribution in [3.8, 4) is 0 Å². The van der Waals surface area contributed by atoms with E-state index in [-0.39, 0.29) is 5.91 Å². The summed E-state index contributed by atoms with van der Waals surface area (Å²) in [5, 5.41) is 12.3. The molecule has 0 spiro atoms. The van der Waals surface area contributed by atoms with E-state index in [0.717, 1.165) is 38.2 Å². The van der Waals surface area contributed by atoms with Crippen molar-refractivity contribution in [1.29, 1.82) is 0 Å². The van der Waals surface area contributed by atoms with E-state index in [9.17, 15) is 14.7 Å². The van der Waals surface area contributed by atoms with Gasteiger partial charge in [-0.2, -0.15) is 0 Å². The lowest BCUT2D eigenvalue weighted by molar-refractivity contribution is -0.145. The fourth-order valence-electron chi connectivity index (χ4n) is 3.09. The highest BCUT2D eigenvalue weighted by molar-refractivity contribution is 5.97. The van der Waals surface area contributed by atoms with Crippen LogP contribution in [0, 0.1) is 0 Å². The van der Waals surface area contributed by atoms with Gasteiger partial charge in [0.25, 0.3) is 5.91 Å². The van der Waals surface area contributed by atoms with Crippen LogP contribution in [0.15, 0.2) is 18.3 Å². The molecule has 1 fully saturated rings. The second-order valence-electron chi connectivity index (χ2n) is 5.98. The highest BCUT2D eigenvalue weighted by Gasteiger charge is 2.41. The Hall–Kier alpha value is -2.11. The maximum Gasteiger partial charge on any atom is 0.329 e. The van der Waals surface area contributed by atoms with Gasteiger partial charge in [-0.3, -0.25) is 4.79 Å². The fourth-order valence-corrected chi connectivity index (χ4v) is 3.09. The van der Waals surface area contributed by atoms with Crippen LogP contribution in [0.3, 0.4) is 0 Å².